The van der Waals surface area contributed by atoms with E-state index < -0.39 is 0 Å². The Morgan fingerprint density at radius 1 is 1.55 bits per heavy atom. The van der Waals surface area contributed by atoms with Crippen LogP contribution in [0.25, 0.3) is 10.9 Å². The Morgan fingerprint density at radius 3 is 3.18 bits per heavy atom. The highest BCUT2D eigenvalue weighted by molar-refractivity contribution is 5.86. The number of pyridine rings is 1. The molecule has 0 fully saturated rings. The van der Waals surface area contributed by atoms with Crippen LogP contribution in [-0.4, -0.2) is 16.3 Å². The molecule has 2 aromatic heterocycles. The largest absolute Gasteiger partial charge is 0.352 e. The van der Waals surface area contributed by atoms with Crippen LogP contribution >= 0.6 is 0 Å². The Balaban J connectivity index is 2.78. The molecule has 0 aliphatic rings. The predicted molar refractivity (Wildman–Crippen MR) is 41.5 cm³/mol. The number of carbonyl (C=O) groups is 1. The van der Waals surface area contributed by atoms with E-state index >= 15 is 0 Å². The summed E-state index contributed by atoms with van der Waals surface area (Å²) in [6.45, 7) is 0. The minimum atomic E-state index is 0.591. The fraction of sp³-hybridized carbons (Fsp3) is 0. The van der Waals surface area contributed by atoms with Crippen molar-refractivity contribution >= 4 is 17.2 Å². The molecule has 3 heteroatoms. The molecule has 0 amide bonds. The third-order valence-corrected chi connectivity index (χ3v) is 1.57. The van der Waals surface area contributed by atoms with Gasteiger partial charge in [0.05, 0.1) is 5.69 Å². The van der Waals surface area contributed by atoms with Crippen LogP contribution < -0.4 is 0 Å². The van der Waals surface area contributed by atoms with Crippen LogP contribution in [0.4, 0.5) is 0 Å². The molecular weight excluding hydrogens is 140 g/mol. The predicted octanol–water partition coefficient (Wildman–Crippen LogP) is 1.38. The van der Waals surface area contributed by atoms with Gasteiger partial charge in [0.2, 0.25) is 0 Å². The van der Waals surface area contributed by atoms with Crippen LogP contribution in [0.1, 0.15) is 10.5 Å². The van der Waals surface area contributed by atoms with E-state index in [2.05, 4.69) is 9.97 Å². The van der Waals surface area contributed by atoms with Crippen LogP contribution in [-0.2, 0) is 0 Å². The van der Waals surface area contributed by atoms with Gasteiger partial charge in [-0.05, 0) is 12.1 Å². The molecule has 0 saturated carbocycles. The Morgan fingerprint density at radius 2 is 2.45 bits per heavy atom. The van der Waals surface area contributed by atoms with Gasteiger partial charge in [-0.1, -0.05) is 0 Å². The molecule has 0 atom stereocenters. The fourth-order valence-electron chi connectivity index (χ4n) is 1.06. The molecule has 2 rings (SSSR count). The molecule has 0 radical (unpaired) electrons. The van der Waals surface area contributed by atoms with Gasteiger partial charge in [-0.3, -0.25) is 9.78 Å². The first kappa shape index (κ1) is 6.09. The molecule has 54 valence electrons. The average Bonchev–Trinajstić information content (AvgIpc) is 2.46. The number of hydrogen-bond acceptors (Lipinski definition) is 2. The summed E-state index contributed by atoms with van der Waals surface area (Å²) < 4.78 is 0. The molecule has 0 aromatic carbocycles. The molecule has 1 N–H and O–H groups in total. The molecule has 0 saturated heterocycles. The van der Waals surface area contributed by atoms with Gasteiger partial charge < -0.3 is 4.98 Å². The quantitative estimate of drug-likeness (QED) is 0.617. The van der Waals surface area contributed by atoms with E-state index in [0.717, 1.165) is 17.2 Å². The molecule has 11 heavy (non-hydrogen) atoms. The lowest BCUT2D eigenvalue weighted by Crippen LogP contribution is -1.74. The summed E-state index contributed by atoms with van der Waals surface area (Å²) in [4.78, 5) is 17.2. The van der Waals surface area contributed by atoms with Crippen molar-refractivity contribution in [3.63, 3.8) is 0 Å². The SMILES string of the molecule is O=Cc1cc2cnccc2[nH]1. The monoisotopic (exact) mass is 146 g/mol. The maximum atomic E-state index is 10.3. The van der Waals surface area contributed by atoms with Crippen molar-refractivity contribution in [2.24, 2.45) is 0 Å². The lowest BCUT2D eigenvalue weighted by molar-refractivity contribution is 0.112. The van der Waals surface area contributed by atoms with Crippen LogP contribution in [0.2, 0.25) is 0 Å². The molecule has 0 spiro atoms. The number of aromatic nitrogens is 2. The summed E-state index contributed by atoms with van der Waals surface area (Å²) in [5.41, 5.74) is 1.54. The highest BCUT2D eigenvalue weighted by atomic mass is 16.1. The van der Waals surface area contributed by atoms with Crippen LogP contribution in [0.3, 0.4) is 0 Å². The van der Waals surface area contributed by atoms with Gasteiger partial charge in [0.25, 0.3) is 0 Å². The average molecular weight is 146 g/mol. The van der Waals surface area contributed by atoms with Crippen LogP contribution in [0, 0.1) is 0 Å². The summed E-state index contributed by atoms with van der Waals surface area (Å²) in [6, 6.07) is 3.61. The summed E-state index contributed by atoms with van der Waals surface area (Å²) >= 11 is 0. The van der Waals surface area contributed by atoms with E-state index in [1.807, 2.05) is 6.07 Å². The number of hydrogen-bond donors (Lipinski definition) is 1. The summed E-state index contributed by atoms with van der Waals surface area (Å²) in [7, 11) is 0. The number of aldehydes is 1. The van der Waals surface area contributed by atoms with Gasteiger partial charge in [-0.2, -0.15) is 0 Å². The second-order valence-corrected chi connectivity index (χ2v) is 2.31. The number of nitrogens with one attached hydrogen (secondary N) is 1. The fourth-order valence-corrected chi connectivity index (χ4v) is 1.06. The smallest absolute Gasteiger partial charge is 0.166 e. The third kappa shape index (κ3) is 0.902. The second-order valence-electron chi connectivity index (χ2n) is 2.31. The summed E-state index contributed by atoms with van der Waals surface area (Å²) in [6.07, 6.45) is 4.20. The maximum absolute atomic E-state index is 10.3. The highest BCUT2D eigenvalue weighted by Crippen LogP contribution is 2.11. The van der Waals surface area contributed by atoms with Gasteiger partial charge in [0.15, 0.2) is 6.29 Å². The molecular formula is C8H6N2O. The van der Waals surface area contributed by atoms with Gasteiger partial charge in [-0.25, -0.2) is 0 Å². The molecule has 0 aliphatic carbocycles. The number of nitrogens with zero attached hydrogens (tertiary/aromatic N) is 1. The molecule has 2 heterocycles. The zero-order chi connectivity index (χ0) is 7.68. The zero-order valence-electron chi connectivity index (χ0n) is 5.74. The summed E-state index contributed by atoms with van der Waals surface area (Å²) in [5.74, 6) is 0. The topological polar surface area (TPSA) is 45.8 Å². The number of fused-ring (bicyclic) bond motifs is 1. The zero-order valence-corrected chi connectivity index (χ0v) is 5.74. The van der Waals surface area contributed by atoms with E-state index in [1.54, 1.807) is 18.5 Å². The van der Waals surface area contributed by atoms with Gasteiger partial charge >= 0.3 is 0 Å². The minimum absolute atomic E-state index is 0.591. The van der Waals surface area contributed by atoms with Crippen molar-refractivity contribution in [3.05, 3.63) is 30.2 Å². The Kier molecular flexibility index (Phi) is 1.22. The first-order valence-electron chi connectivity index (χ1n) is 3.28. The van der Waals surface area contributed by atoms with Crippen LogP contribution in [0.15, 0.2) is 24.5 Å². The normalized spacial score (nSPS) is 10.2. The van der Waals surface area contributed by atoms with E-state index in [0.29, 0.717) is 5.69 Å². The standard InChI is InChI=1S/C8H6N2O/c11-5-7-3-6-4-9-2-1-8(6)10-7/h1-5,10H. The highest BCUT2D eigenvalue weighted by Gasteiger charge is 1.96. The van der Waals surface area contributed by atoms with Gasteiger partial charge in [-0.15, -0.1) is 0 Å². The minimum Gasteiger partial charge on any atom is -0.352 e. The Labute approximate surface area is 63.1 Å². The molecule has 2 aromatic rings. The lowest BCUT2D eigenvalue weighted by atomic mass is 10.3. The van der Waals surface area contributed by atoms with Crippen molar-refractivity contribution in [1.82, 2.24) is 9.97 Å². The van der Waals surface area contributed by atoms with E-state index in [-0.39, 0.29) is 0 Å². The van der Waals surface area contributed by atoms with E-state index in [4.69, 9.17) is 0 Å². The molecule has 3 nitrogen and oxygen atoms in total. The Bertz CT molecular complexity index is 359. The number of carbonyl (C=O) groups excluding carboxylic acids is 1. The second kappa shape index (κ2) is 2.20. The maximum Gasteiger partial charge on any atom is 0.166 e. The first-order chi connectivity index (χ1) is 5.40. The Hall–Kier alpha value is -1.64. The number of aromatic amines is 1. The van der Waals surface area contributed by atoms with E-state index in [1.165, 1.54) is 0 Å². The summed E-state index contributed by atoms with van der Waals surface area (Å²) in [5, 5.41) is 0.967. The van der Waals surface area contributed by atoms with E-state index in [9.17, 15) is 4.79 Å². The van der Waals surface area contributed by atoms with Gasteiger partial charge in [0, 0.05) is 23.3 Å². The van der Waals surface area contributed by atoms with Crippen molar-refractivity contribution < 1.29 is 4.79 Å². The van der Waals surface area contributed by atoms with Gasteiger partial charge in [0.1, 0.15) is 0 Å². The lowest BCUT2D eigenvalue weighted by Gasteiger charge is -1.82. The van der Waals surface area contributed by atoms with Crippen molar-refractivity contribution in [2.45, 2.75) is 0 Å². The van der Waals surface area contributed by atoms with Crippen LogP contribution in [0.5, 0.6) is 0 Å². The molecule has 0 bridgehead atoms. The van der Waals surface area contributed by atoms with Crippen molar-refractivity contribution in [1.29, 1.82) is 0 Å². The first-order valence-corrected chi connectivity index (χ1v) is 3.28. The molecule has 0 unspecified atom stereocenters. The third-order valence-electron chi connectivity index (χ3n) is 1.57. The van der Waals surface area contributed by atoms with Crippen molar-refractivity contribution in [3.8, 4) is 0 Å². The number of rotatable bonds is 1. The number of H-pyrrole nitrogens is 1. The molecule has 0 aliphatic heterocycles. The van der Waals surface area contributed by atoms with Crippen molar-refractivity contribution in [2.75, 3.05) is 0 Å².